The van der Waals surface area contributed by atoms with Crippen molar-refractivity contribution >= 4 is 31.0 Å². The average molecular weight is 415 g/mol. The maximum absolute atomic E-state index is 12.0. The zero-order valence-corrected chi connectivity index (χ0v) is 15.5. The van der Waals surface area contributed by atoms with E-state index in [0.29, 0.717) is 12.0 Å². The number of nitrogens with two attached hydrogens (primary N) is 1. The molecule has 0 saturated carbocycles. The number of aryl methyl sites for hydroxylation is 1. The molecule has 8 heteroatoms. The third-order valence-corrected chi connectivity index (χ3v) is 6.53. The number of ether oxygens (including phenoxy) is 1. The van der Waals surface area contributed by atoms with E-state index >= 15 is 0 Å². The Bertz CT molecular complexity index is 834. The van der Waals surface area contributed by atoms with Crippen LogP contribution in [0.25, 0.3) is 0 Å². The van der Waals surface area contributed by atoms with Crippen LogP contribution in [0, 0.1) is 6.92 Å². The number of nitrogens with zero attached hydrogens (tertiary/aromatic N) is 1. The van der Waals surface area contributed by atoms with Crippen molar-refractivity contribution in [3.05, 3.63) is 61.9 Å². The molecule has 1 aromatic carbocycles. The normalized spacial score (nSPS) is 23.5. The Morgan fingerprint density at radius 3 is 2.79 bits per heavy atom. The molecule has 1 aliphatic heterocycles. The number of nitrogens with one attached hydrogen (secondary N) is 1. The average Bonchev–Trinajstić information content (AvgIpc) is 2.91. The van der Waals surface area contributed by atoms with Crippen LogP contribution in [-0.2, 0) is 4.74 Å². The van der Waals surface area contributed by atoms with Crippen LogP contribution in [0.15, 0.2) is 40.1 Å². The quantitative estimate of drug-likeness (QED) is 0.715. The Labute approximate surface area is 150 Å². The minimum atomic E-state index is -0.466. The fraction of sp³-hybridized carbons (Fsp3) is 0.375. The Balaban J connectivity index is 1.68. The summed E-state index contributed by atoms with van der Waals surface area (Å²) in [6.45, 7) is 1.66. The number of rotatable bonds is 4. The Hall–Kier alpha value is -1.37. The van der Waals surface area contributed by atoms with Gasteiger partial charge in [-0.1, -0.05) is 0 Å². The molecule has 3 atom stereocenters. The molecule has 1 fully saturated rings. The zero-order valence-electron chi connectivity index (χ0n) is 13.1. The van der Waals surface area contributed by atoms with Gasteiger partial charge in [0.1, 0.15) is 0 Å². The van der Waals surface area contributed by atoms with Gasteiger partial charge in [0.05, 0.1) is 0 Å². The second kappa shape index (κ2) is 7.25. The summed E-state index contributed by atoms with van der Waals surface area (Å²) >= 11 is 6.11. The molecule has 6 nitrogen and oxygen atoms in total. The van der Waals surface area contributed by atoms with Gasteiger partial charge in [-0.25, -0.2) is 0 Å². The molecule has 0 radical (unpaired) electrons. The second-order valence-corrected chi connectivity index (χ2v) is 8.50. The Morgan fingerprint density at radius 2 is 2.08 bits per heavy atom. The molecule has 1 aromatic heterocycles. The maximum atomic E-state index is 12.0. The predicted octanol–water partition coefficient (Wildman–Crippen LogP) is 0.561. The summed E-state index contributed by atoms with van der Waals surface area (Å²) in [6, 6.07) is 7.63. The van der Waals surface area contributed by atoms with E-state index in [-0.39, 0.29) is 32.7 Å². The molecule has 3 N–H and O–H groups in total. The van der Waals surface area contributed by atoms with Crippen LogP contribution >= 0.6 is 11.6 Å². The van der Waals surface area contributed by atoms with E-state index in [1.165, 1.54) is 15.2 Å². The van der Waals surface area contributed by atoms with Crippen LogP contribution in [0.4, 0.5) is 0 Å². The molecule has 128 valence electrons. The van der Waals surface area contributed by atoms with Crippen molar-refractivity contribution in [2.24, 2.45) is 5.73 Å². The molecular formula is C16H18ClN3O3Se. The fourth-order valence-electron chi connectivity index (χ4n) is 2.59. The van der Waals surface area contributed by atoms with Crippen molar-refractivity contribution in [3.8, 4) is 0 Å². The van der Waals surface area contributed by atoms with Gasteiger partial charge < -0.3 is 0 Å². The summed E-state index contributed by atoms with van der Waals surface area (Å²) < 4.78 is 8.63. The van der Waals surface area contributed by atoms with Crippen molar-refractivity contribution < 1.29 is 4.74 Å². The number of aromatic nitrogens is 2. The molecule has 0 unspecified atom stereocenters. The van der Waals surface area contributed by atoms with Gasteiger partial charge >= 0.3 is 150 Å². The van der Waals surface area contributed by atoms with E-state index < -0.39 is 11.9 Å². The monoisotopic (exact) mass is 415 g/mol. The number of aromatic amines is 1. The summed E-state index contributed by atoms with van der Waals surface area (Å²) in [7, 11) is 0. The second-order valence-electron chi connectivity index (χ2n) is 5.77. The van der Waals surface area contributed by atoms with Crippen LogP contribution in [0.5, 0.6) is 0 Å². The number of hydrogen-bond acceptors (Lipinski definition) is 4. The van der Waals surface area contributed by atoms with Gasteiger partial charge in [0.2, 0.25) is 0 Å². The topological polar surface area (TPSA) is 90.1 Å². The number of hydrogen-bond donors (Lipinski definition) is 2. The zero-order chi connectivity index (χ0) is 17.3. The molecule has 2 aromatic rings. The van der Waals surface area contributed by atoms with Crippen molar-refractivity contribution in [2.45, 2.75) is 37.0 Å². The first-order chi connectivity index (χ1) is 11.4. The van der Waals surface area contributed by atoms with Crippen molar-refractivity contribution in [1.82, 2.24) is 9.55 Å². The summed E-state index contributed by atoms with van der Waals surface area (Å²) in [5.74, 6) is 0. The summed E-state index contributed by atoms with van der Waals surface area (Å²) in [6.07, 6.45) is 1.54. The molecule has 0 aliphatic carbocycles. The van der Waals surface area contributed by atoms with Crippen LogP contribution < -0.4 is 21.4 Å². The van der Waals surface area contributed by atoms with E-state index in [2.05, 4.69) is 4.98 Å². The van der Waals surface area contributed by atoms with Crippen LogP contribution in [-0.4, -0.2) is 36.7 Å². The first-order valence-electron chi connectivity index (χ1n) is 7.55. The van der Waals surface area contributed by atoms with Gasteiger partial charge in [-0.05, 0) is 0 Å². The summed E-state index contributed by atoms with van der Waals surface area (Å²) in [5.41, 5.74) is 5.82. The third-order valence-electron chi connectivity index (χ3n) is 3.97. The number of benzene rings is 1. The van der Waals surface area contributed by atoms with Crippen molar-refractivity contribution in [3.63, 3.8) is 0 Å². The number of H-pyrrole nitrogens is 1. The Morgan fingerprint density at radius 1 is 1.38 bits per heavy atom. The molecule has 0 spiro atoms. The molecule has 1 aliphatic rings. The first-order valence-corrected chi connectivity index (χ1v) is 10.00. The van der Waals surface area contributed by atoms with Gasteiger partial charge in [0.15, 0.2) is 0 Å². The van der Waals surface area contributed by atoms with Gasteiger partial charge in [-0.15, -0.1) is 0 Å². The summed E-state index contributed by atoms with van der Waals surface area (Å²) in [4.78, 5) is 25.8. The van der Waals surface area contributed by atoms with E-state index in [1.807, 2.05) is 24.3 Å². The van der Waals surface area contributed by atoms with Crippen LogP contribution in [0.1, 0.15) is 18.2 Å². The molecule has 0 bridgehead atoms. The van der Waals surface area contributed by atoms with Crippen LogP contribution in [0.3, 0.4) is 0 Å². The van der Waals surface area contributed by atoms with Crippen molar-refractivity contribution in [2.75, 3.05) is 0 Å². The SMILES string of the molecule is Cc1cn([C@H]2C[C@H](N)[C@@H](C[Se]c3ccc(Cl)cc3)O2)c(=O)[nH]c1=O. The fourth-order valence-corrected chi connectivity index (χ4v) is 4.84. The molecule has 0 amide bonds. The van der Waals surface area contributed by atoms with Crippen LogP contribution in [0.2, 0.25) is 10.3 Å². The van der Waals surface area contributed by atoms with Gasteiger partial charge in [0, 0.05) is 0 Å². The molecule has 3 rings (SSSR count). The van der Waals surface area contributed by atoms with Crippen molar-refractivity contribution in [1.29, 1.82) is 0 Å². The van der Waals surface area contributed by atoms with E-state index in [4.69, 9.17) is 22.1 Å². The van der Waals surface area contributed by atoms with Gasteiger partial charge in [-0.2, -0.15) is 0 Å². The van der Waals surface area contributed by atoms with Gasteiger partial charge in [-0.3, -0.25) is 0 Å². The minimum absolute atomic E-state index is 0.107. The predicted molar refractivity (Wildman–Crippen MR) is 94.2 cm³/mol. The standard InChI is InChI=1S/C16H18ClN3O3Se/c1-9-7-20(16(22)19-15(9)21)14-6-12(18)13(23-14)8-24-11-4-2-10(17)3-5-11/h2-5,7,12-14H,6,8,18H2,1H3,(H,19,21,22)/t12-,13+,14+/m0/s1. The number of halogens is 1. The summed E-state index contributed by atoms with van der Waals surface area (Å²) in [5, 5.41) is 1.54. The Kier molecular flexibility index (Phi) is 5.27. The molecule has 24 heavy (non-hydrogen) atoms. The first kappa shape index (κ1) is 17.5. The van der Waals surface area contributed by atoms with E-state index in [9.17, 15) is 9.59 Å². The molecule has 1 saturated heterocycles. The third kappa shape index (κ3) is 3.82. The molecular weight excluding hydrogens is 397 g/mol. The van der Waals surface area contributed by atoms with E-state index in [1.54, 1.807) is 6.92 Å². The van der Waals surface area contributed by atoms with E-state index in [0.717, 1.165) is 10.3 Å². The van der Waals surface area contributed by atoms with Gasteiger partial charge in [0.25, 0.3) is 0 Å². The molecule has 2 heterocycles.